The van der Waals surface area contributed by atoms with Gasteiger partial charge >= 0.3 is 58.3 Å². The van der Waals surface area contributed by atoms with Gasteiger partial charge in [0.15, 0.2) is 0 Å². The summed E-state index contributed by atoms with van der Waals surface area (Å²) in [5.74, 6) is 0. The van der Waals surface area contributed by atoms with Gasteiger partial charge in [0.1, 0.15) is 0 Å². The average Bonchev–Trinajstić information content (AvgIpc) is 1.30. The molecule has 0 rings (SSSR count). The number of rotatable bonds is 0. The number of halogens is 6. The van der Waals surface area contributed by atoms with Crippen LogP contribution in [0, 0.1) is 0 Å². The second-order valence-corrected chi connectivity index (χ2v) is 2.87. The molecular formula is CH2AuF6P. The third-order valence-corrected chi connectivity index (χ3v) is 0. The molecule has 0 aliphatic rings. The van der Waals surface area contributed by atoms with Gasteiger partial charge in [-0.25, -0.2) is 0 Å². The van der Waals surface area contributed by atoms with Crippen molar-refractivity contribution in [3.05, 3.63) is 0 Å². The number of hydrogen-bond acceptors (Lipinski definition) is 0. The zero-order chi connectivity index (χ0) is 8.41. The summed E-state index contributed by atoms with van der Waals surface area (Å²) < 4.78 is 62.4. The quantitative estimate of drug-likeness (QED) is 0.355. The van der Waals surface area contributed by atoms with E-state index in [2.05, 4.69) is 4.73 Å². The first-order valence-electron chi connectivity index (χ1n) is 1.23. The fourth-order valence-electron chi connectivity index (χ4n) is 0. The molecule has 0 bridgehead atoms. The molecule has 9 heavy (non-hydrogen) atoms. The molecule has 0 nitrogen and oxygen atoms in total. The molecule has 0 saturated heterocycles. The predicted octanol–water partition coefficient (Wildman–Crippen LogP) is 3.35. The Labute approximate surface area is 58.9 Å². The van der Waals surface area contributed by atoms with E-state index in [1.165, 1.54) is 0 Å². The van der Waals surface area contributed by atoms with Crippen molar-refractivity contribution >= 4 is 12.5 Å². The van der Waals surface area contributed by atoms with Gasteiger partial charge in [-0.2, -0.15) is 0 Å². The van der Waals surface area contributed by atoms with Crippen LogP contribution in [0.1, 0.15) is 0 Å². The summed E-state index contributed by atoms with van der Waals surface area (Å²) in [6, 6.07) is 0. The van der Waals surface area contributed by atoms with Crippen molar-refractivity contribution in [3.63, 3.8) is 0 Å². The molecule has 0 heterocycles. The zero-order valence-corrected chi connectivity index (χ0v) is 6.78. The van der Waals surface area contributed by atoms with Gasteiger partial charge in [-0.3, -0.25) is 0 Å². The van der Waals surface area contributed by atoms with E-state index >= 15 is 0 Å². The topological polar surface area (TPSA) is 0 Å². The van der Waals surface area contributed by atoms with Gasteiger partial charge in [0.25, 0.3) is 0 Å². The van der Waals surface area contributed by atoms with E-state index in [1.807, 2.05) is 20.6 Å². The molecule has 0 aliphatic heterocycles. The predicted molar refractivity (Wildman–Crippen MR) is 20.7 cm³/mol. The minimum absolute atomic E-state index is 2.03. The molecule has 0 aromatic rings. The Kier molecular flexibility index (Phi) is 2.81. The minimum atomic E-state index is -10.7. The van der Waals surface area contributed by atoms with Gasteiger partial charge < -0.3 is 0 Å². The standard InChI is InChI=1S/CH2.Au.F6P/c;;1-7(2,3,4,5)6/h1H2;;/q;+1;-1. The first-order chi connectivity index (χ1) is 3.45. The van der Waals surface area contributed by atoms with Crippen LogP contribution < -0.4 is 0 Å². The van der Waals surface area contributed by atoms with Crippen LogP contribution in [0.25, 0.3) is 0 Å². The maximum atomic E-state index is 9.87. The molecule has 64 valence electrons. The van der Waals surface area contributed by atoms with Gasteiger partial charge in [-0.05, 0) is 0 Å². The number of hydrogen-bond donors (Lipinski definition) is 0. The van der Waals surface area contributed by atoms with E-state index in [9.17, 15) is 25.2 Å². The summed E-state index contributed by atoms with van der Waals surface area (Å²) in [5, 5.41) is 0. The van der Waals surface area contributed by atoms with E-state index in [1.54, 1.807) is 0 Å². The van der Waals surface area contributed by atoms with Gasteiger partial charge in [0.2, 0.25) is 0 Å². The Balaban J connectivity index is 0. The Morgan fingerprint density at radius 2 is 0.778 bits per heavy atom. The van der Waals surface area contributed by atoms with Crippen molar-refractivity contribution in [1.82, 2.24) is 0 Å². The molecule has 0 aromatic heterocycles. The molecule has 0 amide bonds. The maximum absolute atomic E-state index is 10.7. The normalized spacial score (nSPS) is 18.7. The van der Waals surface area contributed by atoms with E-state index in [4.69, 9.17) is 0 Å². The molecule has 0 aromatic carbocycles. The average molecular weight is 356 g/mol. The van der Waals surface area contributed by atoms with Crippen molar-refractivity contribution in [2.24, 2.45) is 0 Å². The molecule has 0 saturated carbocycles. The van der Waals surface area contributed by atoms with Crippen LogP contribution in [0.5, 0.6) is 0 Å². The monoisotopic (exact) mass is 356 g/mol. The summed E-state index contributed by atoms with van der Waals surface area (Å²) >= 11 is 2.03. The van der Waals surface area contributed by atoms with E-state index in [0.717, 1.165) is 0 Å². The van der Waals surface area contributed by atoms with Crippen molar-refractivity contribution < 1.29 is 45.8 Å². The Morgan fingerprint density at radius 3 is 0.778 bits per heavy atom. The van der Waals surface area contributed by atoms with Crippen molar-refractivity contribution in [3.8, 4) is 0 Å². The molecule has 0 spiro atoms. The Bertz CT molecular complexity index is 82.4. The molecule has 0 fully saturated rings. The van der Waals surface area contributed by atoms with E-state index in [0.29, 0.717) is 0 Å². The van der Waals surface area contributed by atoms with Crippen LogP contribution in [0.3, 0.4) is 0 Å². The molecule has 0 N–H and O–H groups in total. The summed E-state index contributed by atoms with van der Waals surface area (Å²) in [7, 11) is -10.7. The van der Waals surface area contributed by atoms with E-state index < -0.39 is 7.81 Å². The molecule has 0 radical (unpaired) electrons. The van der Waals surface area contributed by atoms with Crippen molar-refractivity contribution in [2.75, 3.05) is 0 Å². The third-order valence-electron chi connectivity index (χ3n) is 0. The first-order valence-corrected chi connectivity index (χ1v) is 4.79. The third kappa shape index (κ3) is 982. The second kappa shape index (κ2) is 2.05. The van der Waals surface area contributed by atoms with Crippen LogP contribution in [0.4, 0.5) is 25.2 Å². The van der Waals surface area contributed by atoms with Crippen molar-refractivity contribution in [2.45, 2.75) is 0 Å². The summed E-state index contributed by atoms with van der Waals surface area (Å²) in [5.41, 5.74) is 0. The van der Waals surface area contributed by atoms with Gasteiger partial charge in [0.05, 0.1) is 0 Å². The van der Waals surface area contributed by atoms with E-state index in [-0.39, 0.29) is 0 Å². The van der Waals surface area contributed by atoms with Crippen LogP contribution in [0.15, 0.2) is 0 Å². The molecular weight excluding hydrogens is 354 g/mol. The summed E-state index contributed by atoms with van der Waals surface area (Å²) in [4.78, 5) is 0. The second-order valence-electron chi connectivity index (χ2n) is 0.958. The first kappa shape index (κ1) is 12.3. The fraction of sp³-hybridized carbons (Fsp3) is 0. The Hall–Kier alpha value is 0.620. The molecule has 0 atom stereocenters. The van der Waals surface area contributed by atoms with Gasteiger partial charge in [-0.15, -0.1) is 0 Å². The SMILES string of the molecule is F[P-](F)(F)(F)(F)F.[CH2]=[Au+]. The van der Waals surface area contributed by atoms with Gasteiger partial charge in [-0.1, -0.05) is 0 Å². The molecule has 0 aliphatic carbocycles. The zero-order valence-electron chi connectivity index (χ0n) is 3.72. The fourth-order valence-corrected chi connectivity index (χ4v) is 0. The van der Waals surface area contributed by atoms with Crippen LogP contribution in [0.2, 0.25) is 0 Å². The van der Waals surface area contributed by atoms with Crippen LogP contribution in [-0.4, -0.2) is 4.73 Å². The van der Waals surface area contributed by atoms with Crippen LogP contribution in [-0.2, 0) is 20.6 Å². The van der Waals surface area contributed by atoms with Crippen LogP contribution >= 0.6 is 7.81 Å². The van der Waals surface area contributed by atoms with Gasteiger partial charge in [0, 0.05) is 0 Å². The summed E-state index contributed by atoms with van der Waals surface area (Å²) in [6.07, 6.45) is 0. The molecule has 8 heteroatoms. The molecule has 0 unspecified atom stereocenters. The summed E-state index contributed by atoms with van der Waals surface area (Å²) in [6.45, 7) is 0. The Morgan fingerprint density at radius 1 is 0.778 bits per heavy atom. The van der Waals surface area contributed by atoms with Crippen molar-refractivity contribution in [1.29, 1.82) is 0 Å².